The van der Waals surface area contributed by atoms with Crippen LogP contribution in [-0.4, -0.2) is 28.1 Å². The molecule has 11 atom stereocenters. The van der Waals surface area contributed by atoms with Crippen LogP contribution in [0.3, 0.4) is 0 Å². The molecule has 11 unspecified atom stereocenters. The van der Waals surface area contributed by atoms with E-state index in [1.807, 2.05) is 0 Å². The molecule has 5 rings (SSSR count). The lowest BCUT2D eigenvalue weighted by molar-refractivity contribution is -0.230. The maximum absolute atomic E-state index is 12.8. The van der Waals surface area contributed by atoms with E-state index in [9.17, 15) is 19.8 Å². The molecule has 0 saturated heterocycles. The highest BCUT2D eigenvalue weighted by atomic mass is 16.4. The number of rotatable bonds is 1. The van der Waals surface area contributed by atoms with Crippen molar-refractivity contribution in [2.45, 2.75) is 105 Å². The van der Waals surface area contributed by atoms with E-state index >= 15 is 0 Å². The number of fused-ring (bicyclic) bond motifs is 7. The van der Waals surface area contributed by atoms with Crippen LogP contribution in [0.5, 0.6) is 0 Å². The van der Waals surface area contributed by atoms with E-state index < -0.39 is 23.4 Å². The quantitative estimate of drug-likeness (QED) is 0.543. The summed E-state index contributed by atoms with van der Waals surface area (Å²) in [6.45, 7) is 11.6. The first kappa shape index (κ1) is 22.9. The molecule has 32 heavy (non-hydrogen) atoms. The number of carboxylic acids is 1. The molecule has 0 heterocycles. The van der Waals surface area contributed by atoms with Gasteiger partial charge in [0.05, 0.1) is 5.41 Å². The second-order valence-corrected chi connectivity index (χ2v) is 13.7. The average molecular weight is 445 g/mol. The van der Waals surface area contributed by atoms with Crippen LogP contribution in [0.1, 0.15) is 98.8 Å². The molecule has 5 aliphatic carbocycles. The summed E-state index contributed by atoms with van der Waals surface area (Å²) >= 11 is 0. The van der Waals surface area contributed by atoms with Crippen molar-refractivity contribution >= 4 is 11.8 Å². The minimum atomic E-state index is -1.01. The van der Waals surface area contributed by atoms with Gasteiger partial charge in [0.15, 0.2) is 5.78 Å². The number of carbonyl (C=O) groups is 2. The Morgan fingerprint density at radius 3 is 2.25 bits per heavy atom. The fourth-order valence-electron chi connectivity index (χ4n) is 10.7. The molecule has 0 amide bonds. The lowest BCUT2D eigenvalue weighted by Gasteiger charge is -2.70. The normalized spacial score (nSPS) is 57.6. The third-order valence-electron chi connectivity index (χ3n) is 12.6. The fraction of sp³-hybridized carbons (Fsp3) is 0.929. The van der Waals surface area contributed by atoms with Gasteiger partial charge in [-0.3, -0.25) is 9.59 Å². The van der Waals surface area contributed by atoms with E-state index in [0.29, 0.717) is 24.2 Å². The number of carboxylic acid groups (broad SMARTS) is 1. The number of aliphatic hydroxyl groups is 1. The predicted octanol–water partition coefficient (Wildman–Crippen LogP) is 5.71. The highest BCUT2D eigenvalue weighted by Gasteiger charge is 2.70. The highest BCUT2D eigenvalue weighted by molar-refractivity contribution is 5.92. The van der Waals surface area contributed by atoms with Crippen molar-refractivity contribution in [3.05, 3.63) is 0 Å². The van der Waals surface area contributed by atoms with Gasteiger partial charge in [0.2, 0.25) is 0 Å². The molecule has 0 aliphatic heterocycles. The molecule has 0 spiro atoms. The van der Waals surface area contributed by atoms with Gasteiger partial charge in [-0.15, -0.1) is 0 Å². The van der Waals surface area contributed by atoms with Crippen molar-refractivity contribution in [3.8, 4) is 0 Å². The summed E-state index contributed by atoms with van der Waals surface area (Å²) in [5.74, 6) is 1.03. The summed E-state index contributed by atoms with van der Waals surface area (Å²) in [5, 5.41) is 21.1. The van der Waals surface area contributed by atoms with Gasteiger partial charge in [-0.1, -0.05) is 41.0 Å². The first-order chi connectivity index (χ1) is 14.9. The second-order valence-electron chi connectivity index (χ2n) is 13.7. The second kappa shape index (κ2) is 7.06. The molecule has 4 heteroatoms. The third-order valence-corrected chi connectivity index (χ3v) is 12.6. The molecular weight excluding hydrogens is 400 g/mol. The molecule has 5 fully saturated rings. The fourth-order valence-corrected chi connectivity index (χ4v) is 10.7. The number of hydrogen-bond donors (Lipinski definition) is 2. The largest absolute Gasteiger partial charge is 0.481 e. The van der Waals surface area contributed by atoms with Crippen LogP contribution in [0.4, 0.5) is 0 Å². The topological polar surface area (TPSA) is 74.6 Å². The number of ketones is 1. The van der Waals surface area contributed by atoms with Gasteiger partial charge in [0.1, 0.15) is 6.10 Å². The van der Waals surface area contributed by atoms with E-state index in [2.05, 4.69) is 27.7 Å². The lowest BCUT2D eigenvalue weighted by Crippen LogP contribution is -2.67. The van der Waals surface area contributed by atoms with Gasteiger partial charge in [0.25, 0.3) is 0 Å². The van der Waals surface area contributed by atoms with Gasteiger partial charge in [-0.05, 0) is 104 Å². The van der Waals surface area contributed by atoms with E-state index in [1.54, 1.807) is 6.92 Å². The number of carbonyl (C=O) groups excluding carboxylic acids is 1. The van der Waals surface area contributed by atoms with Crippen molar-refractivity contribution in [2.24, 2.45) is 57.2 Å². The number of aliphatic carboxylic acids is 1. The zero-order chi connectivity index (χ0) is 23.3. The number of aliphatic hydroxyl groups excluding tert-OH is 1. The van der Waals surface area contributed by atoms with Crippen molar-refractivity contribution in [3.63, 3.8) is 0 Å². The van der Waals surface area contributed by atoms with Crippen molar-refractivity contribution < 1.29 is 19.8 Å². The van der Waals surface area contributed by atoms with Crippen LogP contribution >= 0.6 is 0 Å². The van der Waals surface area contributed by atoms with Crippen LogP contribution in [0.2, 0.25) is 0 Å². The minimum Gasteiger partial charge on any atom is -0.481 e. The van der Waals surface area contributed by atoms with E-state index in [0.717, 1.165) is 30.6 Å². The summed E-state index contributed by atoms with van der Waals surface area (Å²) in [6.07, 6.45) is 9.71. The summed E-state index contributed by atoms with van der Waals surface area (Å²) in [7, 11) is 0. The maximum Gasteiger partial charge on any atom is 0.310 e. The summed E-state index contributed by atoms with van der Waals surface area (Å²) in [5.41, 5.74) is -0.403. The molecule has 0 aromatic rings. The maximum atomic E-state index is 12.8. The summed E-state index contributed by atoms with van der Waals surface area (Å²) < 4.78 is 0. The first-order valence-corrected chi connectivity index (χ1v) is 13.4. The Balaban J connectivity index is 1.54. The van der Waals surface area contributed by atoms with E-state index in [4.69, 9.17) is 0 Å². The Bertz CT molecular complexity index is 822. The lowest BCUT2D eigenvalue weighted by atomic mass is 9.34. The molecule has 0 aromatic carbocycles. The van der Waals surface area contributed by atoms with Crippen molar-refractivity contribution in [2.75, 3.05) is 0 Å². The molecule has 5 saturated carbocycles. The molecular formula is C28H44O4. The molecule has 180 valence electrons. The molecule has 4 nitrogen and oxygen atoms in total. The van der Waals surface area contributed by atoms with Crippen LogP contribution in [0.15, 0.2) is 0 Å². The number of Topliss-reactive ketones (excluding diaryl/α,β-unsaturated/α-hetero) is 1. The smallest absolute Gasteiger partial charge is 0.310 e. The van der Waals surface area contributed by atoms with Gasteiger partial charge >= 0.3 is 5.97 Å². The van der Waals surface area contributed by atoms with Crippen molar-refractivity contribution in [1.82, 2.24) is 0 Å². The third kappa shape index (κ3) is 2.71. The Hall–Kier alpha value is -0.900. The van der Waals surface area contributed by atoms with Gasteiger partial charge < -0.3 is 10.2 Å². The molecule has 0 aromatic heterocycles. The van der Waals surface area contributed by atoms with Crippen LogP contribution in [-0.2, 0) is 9.59 Å². The summed E-state index contributed by atoms with van der Waals surface area (Å²) in [4.78, 5) is 25.5. The van der Waals surface area contributed by atoms with Crippen molar-refractivity contribution in [1.29, 1.82) is 0 Å². The monoisotopic (exact) mass is 444 g/mol. The van der Waals surface area contributed by atoms with Crippen LogP contribution in [0, 0.1) is 57.2 Å². The van der Waals surface area contributed by atoms with Crippen LogP contribution < -0.4 is 0 Å². The summed E-state index contributed by atoms with van der Waals surface area (Å²) in [6, 6.07) is 0. The van der Waals surface area contributed by atoms with E-state index in [-0.39, 0.29) is 22.5 Å². The van der Waals surface area contributed by atoms with Gasteiger partial charge in [-0.2, -0.15) is 0 Å². The van der Waals surface area contributed by atoms with Gasteiger partial charge in [-0.25, -0.2) is 0 Å². The Kier molecular flexibility index (Phi) is 5.04. The highest BCUT2D eigenvalue weighted by Crippen LogP contribution is 2.74. The Morgan fingerprint density at radius 1 is 0.844 bits per heavy atom. The molecule has 2 N–H and O–H groups in total. The van der Waals surface area contributed by atoms with Gasteiger partial charge in [0, 0.05) is 5.92 Å². The zero-order valence-corrected chi connectivity index (χ0v) is 20.8. The molecule has 0 bridgehead atoms. The Morgan fingerprint density at radius 2 is 1.56 bits per heavy atom. The van der Waals surface area contributed by atoms with Crippen LogP contribution in [0.25, 0.3) is 0 Å². The Labute approximate surface area is 193 Å². The predicted molar refractivity (Wildman–Crippen MR) is 124 cm³/mol. The van der Waals surface area contributed by atoms with E-state index in [1.165, 1.54) is 38.5 Å². The molecule has 0 radical (unpaired) electrons. The first-order valence-electron chi connectivity index (χ1n) is 13.4. The standard InChI is InChI=1S/C28H44O4/c1-16-6-9-25(3)12-13-26(4)18(19(25)14-16)7-10-27(5)21(26)8-11-28(24(31)32)17(2)23(30)20(29)15-22(27)28/h16-22,29H,6-15H2,1-5H3,(H,31,32). The number of hydrogen-bond acceptors (Lipinski definition) is 3. The molecule has 5 aliphatic rings. The minimum absolute atomic E-state index is 0.119. The zero-order valence-electron chi connectivity index (χ0n) is 20.8. The average Bonchev–Trinajstić information content (AvgIpc) is 2.73. The SMILES string of the molecule is CC1CCC2(C)CCC3(C)C(CCC4(C)C3CCC3(C(=O)O)C(C)C(=O)C(O)CC43)C2C1.